The Kier molecular flexibility index (Phi) is 6.81. The molecule has 3 aromatic rings. The van der Waals surface area contributed by atoms with Gasteiger partial charge in [0.1, 0.15) is 0 Å². The number of hydrogen-bond donors (Lipinski definition) is 2. The maximum absolute atomic E-state index is 12.9. The third-order valence-corrected chi connectivity index (χ3v) is 6.11. The van der Waals surface area contributed by atoms with Crippen LogP contribution < -0.4 is 20.3 Å². The largest absolute Gasteiger partial charge is 0.493 e. The molecule has 0 bridgehead atoms. The fraction of sp³-hybridized carbons (Fsp3) is 0.500. The minimum atomic E-state index is -0.0955. The van der Waals surface area contributed by atoms with E-state index in [2.05, 4.69) is 24.3 Å². The summed E-state index contributed by atoms with van der Waals surface area (Å²) in [6, 6.07) is 9.43. The van der Waals surface area contributed by atoms with Gasteiger partial charge in [-0.2, -0.15) is 0 Å². The molecule has 32 heavy (non-hydrogen) atoms. The summed E-state index contributed by atoms with van der Waals surface area (Å²) in [4.78, 5) is 17.7. The van der Waals surface area contributed by atoms with Gasteiger partial charge in [0.25, 0.3) is 5.56 Å². The quantitative estimate of drug-likeness (QED) is 0.558. The van der Waals surface area contributed by atoms with Crippen LogP contribution in [0.15, 0.2) is 35.1 Å². The molecule has 172 valence electrons. The highest BCUT2D eigenvalue weighted by Gasteiger charge is 2.22. The van der Waals surface area contributed by atoms with E-state index in [0.29, 0.717) is 29.6 Å². The van der Waals surface area contributed by atoms with Crippen molar-refractivity contribution in [1.82, 2.24) is 19.9 Å². The maximum Gasteiger partial charge on any atom is 0.272 e. The fourth-order valence-electron chi connectivity index (χ4n) is 4.31. The van der Waals surface area contributed by atoms with Crippen molar-refractivity contribution < 1.29 is 14.2 Å². The number of aromatic nitrogens is 3. The minimum Gasteiger partial charge on any atom is -0.493 e. The highest BCUT2D eigenvalue weighted by molar-refractivity contribution is 5.43. The fourth-order valence-corrected chi connectivity index (χ4v) is 4.31. The van der Waals surface area contributed by atoms with Crippen LogP contribution in [0, 0.1) is 5.92 Å². The summed E-state index contributed by atoms with van der Waals surface area (Å²) < 4.78 is 17.7. The summed E-state index contributed by atoms with van der Waals surface area (Å²) >= 11 is 0. The summed E-state index contributed by atoms with van der Waals surface area (Å²) in [6.07, 6.45) is 1.91. The van der Waals surface area contributed by atoms with Crippen LogP contribution in [0.2, 0.25) is 0 Å². The van der Waals surface area contributed by atoms with E-state index in [-0.39, 0.29) is 17.5 Å². The molecule has 0 radical (unpaired) electrons. The van der Waals surface area contributed by atoms with Gasteiger partial charge in [0.2, 0.25) is 0 Å². The van der Waals surface area contributed by atoms with Gasteiger partial charge < -0.3 is 19.5 Å². The van der Waals surface area contributed by atoms with Crippen molar-refractivity contribution in [3.05, 3.63) is 57.6 Å². The first-order chi connectivity index (χ1) is 15.5. The van der Waals surface area contributed by atoms with Gasteiger partial charge in [-0.3, -0.25) is 9.89 Å². The number of nitrogens with one attached hydrogen (secondary N) is 2. The summed E-state index contributed by atoms with van der Waals surface area (Å²) in [5, 5.41) is 6.82. The molecule has 3 heterocycles. The van der Waals surface area contributed by atoms with Crippen LogP contribution >= 0.6 is 0 Å². The van der Waals surface area contributed by atoms with Gasteiger partial charge in [-0.25, -0.2) is 9.50 Å². The first-order valence-electron chi connectivity index (χ1n) is 11.1. The SMILES string of the molecule is COc1ccc(CN[C@H](c2cc(=O)n3[nH]c(C4CCOCC4)cc3n2)C(C)C)cc1OC. The Balaban J connectivity index is 1.57. The lowest BCUT2D eigenvalue weighted by Gasteiger charge is -2.22. The number of aromatic amines is 1. The number of rotatable bonds is 8. The van der Waals surface area contributed by atoms with Gasteiger partial charge in [-0.05, 0) is 36.5 Å². The van der Waals surface area contributed by atoms with Crippen molar-refractivity contribution in [1.29, 1.82) is 0 Å². The van der Waals surface area contributed by atoms with Gasteiger partial charge in [-0.15, -0.1) is 0 Å². The van der Waals surface area contributed by atoms with Gasteiger partial charge in [0.05, 0.1) is 26.0 Å². The number of ether oxygens (including phenoxy) is 3. The second-order valence-corrected chi connectivity index (χ2v) is 8.60. The van der Waals surface area contributed by atoms with E-state index in [1.807, 2.05) is 24.3 Å². The number of benzene rings is 1. The van der Waals surface area contributed by atoms with Crippen molar-refractivity contribution in [3.63, 3.8) is 0 Å². The minimum absolute atomic E-state index is 0.0674. The van der Waals surface area contributed by atoms with Crippen molar-refractivity contribution >= 4 is 5.65 Å². The van der Waals surface area contributed by atoms with Crippen LogP contribution in [0.25, 0.3) is 5.65 Å². The van der Waals surface area contributed by atoms with Crippen molar-refractivity contribution in [2.75, 3.05) is 27.4 Å². The van der Waals surface area contributed by atoms with E-state index in [9.17, 15) is 4.79 Å². The highest BCUT2D eigenvalue weighted by atomic mass is 16.5. The Bertz CT molecular complexity index is 1110. The second-order valence-electron chi connectivity index (χ2n) is 8.60. The number of methoxy groups -OCH3 is 2. The van der Waals surface area contributed by atoms with Crippen LogP contribution in [-0.4, -0.2) is 42.0 Å². The Hall–Kier alpha value is -2.84. The zero-order valence-electron chi connectivity index (χ0n) is 19.2. The molecule has 1 saturated heterocycles. The van der Waals surface area contributed by atoms with Gasteiger partial charge in [-0.1, -0.05) is 19.9 Å². The first-order valence-corrected chi connectivity index (χ1v) is 11.1. The molecule has 2 aromatic heterocycles. The molecule has 2 N–H and O–H groups in total. The molecular formula is C24H32N4O4. The predicted octanol–water partition coefficient (Wildman–Crippen LogP) is 3.42. The maximum atomic E-state index is 12.9. The van der Waals surface area contributed by atoms with Crippen molar-refractivity contribution in [2.45, 2.75) is 45.2 Å². The van der Waals surface area contributed by atoms with Crippen LogP contribution in [0.1, 0.15) is 55.6 Å². The summed E-state index contributed by atoms with van der Waals surface area (Å²) in [5.41, 5.74) is 3.43. The molecular weight excluding hydrogens is 408 g/mol. The Morgan fingerprint density at radius 2 is 1.91 bits per heavy atom. The molecule has 8 nitrogen and oxygen atoms in total. The Morgan fingerprint density at radius 3 is 2.59 bits per heavy atom. The molecule has 0 saturated carbocycles. The summed E-state index contributed by atoms with van der Waals surface area (Å²) in [7, 11) is 3.25. The monoisotopic (exact) mass is 440 g/mol. The van der Waals surface area contributed by atoms with E-state index in [4.69, 9.17) is 19.2 Å². The molecule has 1 aliphatic heterocycles. The van der Waals surface area contributed by atoms with Crippen LogP contribution in [0.4, 0.5) is 0 Å². The normalized spacial score (nSPS) is 15.9. The zero-order valence-corrected chi connectivity index (χ0v) is 19.2. The first kappa shape index (κ1) is 22.4. The second kappa shape index (κ2) is 9.75. The van der Waals surface area contributed by atoms with Gasteiger partial charge in [0, 0.05) is 43.5 Å². The lowest BCUT2D eigenvalue weighted by atomic mass is 9.97. The number of hydrogen-bond acceptors (Lipinski definition) is 6. The predicted molar refractivity (Wildman–Crippen MR) is 123 cm³/mol. The van der Waals surface area contributed by atoms with E-state index < -0.39 is 0 Å². The lowest BCUT2D eigenvalue weighted by Crippen LogP contribution is -2.28. The molecule has 4 rings (SSSR count). The van der Waals surface area contributed by atoms with Crippen molar-refractivity contribution in [3.8, 4) is 11.5 Å². The standard InChI is InChI=1S/C24H32N4O4/c1-15(2)24(25-14-16-5-6-20(30-3)21(11-16)31-4)19-13-23(29)28-22(26-19)12-18(27-28)17-7-9-32-10-8-17/h5-6,11-13,15,17,24-25,27H,7-10,14H2,1-4H3/t24-/m0/s1. The molecule has 1 aromatic carbocycles. The third-order valence-electron chi connectivity index (χ3n) is 6.11. The van der Waals surface area contributed by atoms with E-state index >= 15 is 0 Å². The van der Waals surface area contributed by atoms with Crippen LogP contribution in [0.3, 0.4) is 0 Å². The average molecular weight is 441 g/mol. The average Bonchev–Trinajstić information content (AvgIpc) is 3.24. The summed E-state index contributed by atoms with van der Waals surface area (Å²) in [6.45, 7) is 6.37. The summed E-state index contributed by atoms with van der Waals surface area (Å²) in [5.74, 6) is 2.01. The van der Waals surface area contributed by atoms with E-state index in [1.165, 1.54) is 0 Å². The highest BCUT2D eigenvalue weighted by Crippen LogP contribution is 2.29. The molecule has 0 amide bonds. The molecule has 0 aliphatic carbocycles. The zero-order chi connectivity index (χ0) is 22.7. The third kappa shape index (κ3) is 4.66. The smallest absolute Gasteiger partial charge is 0.272 e. The number of H-pyrrole nitrogens is 1. The molecule has 1 fully saturated rings. The molecule has 1 aliphatic rings. The molecule has 8 heteroatoms. The topological polar surface area (TPSA) is 89.9 Å². The van der Waals surface area contributed by atoms with Gasteiger partial charge in [0.15, 0.2) is 17.1 Å². The van der Waals surface area contributed by atoms with Crippen LogP contribution in [0.5, 0.6) is 11.5 Å². The number of fused-ring (bicyclic) bond motifs is 1. The molecule has 1 atom stereocenters. The Labute approximate surface area is 187 Å². The molecule has 0 unspecified atom stereocenters. The number of nitrogens with zero attached hydrogens (tertiary/aromatic N) is 2. The molecule has 0 spiro atoms. The van der Waals surface area contributed by atoms with Crippen LogP contribution in [-0.2, 0) is 11.3 Å². The Morgan fingerprint density at radius 1 is 1.16 bits per heavy atom. The lowest BCUT2D eigenvalue weighted by molar-refractivity contribution is 0.0844. The van der Waals surface area contributed by atoms with E-state index in [0.717, 1.165) is 43.0 Å². The van der Waals surface area contributed by atoms with Gasteiger partial charge >= 0.3 is 0 Å². The van der Waals surface area contributed by atoms with E-state index in [1.54, 1.807) is 24.8 Å². The van der Waals surface area contributed by atoms with Crippen molar-refractivity contribution in [2.24, 2.45) is 5.92 Å².